The van der Waals surface area contributed by atoms with Crippen LogP contribution >= 0.6 is 0 Å². The number of aromatic hydroxyl groups is 1. The fraction of sp³-hybridized carbons (Fsp3) is 0. The molecule has 2 aromatic carbocycles. The number of rotatable bonds is 1. The molecule has 3 aromatic rings. The van der Waals surface area contributed by atoms with Crippen LogP contribution < -0.4 is 0 Å². The quantitative estimate of drug-likeness (QED) is 0.667. The first-order valence-corrected chi connectivity index (χ1v) is 4.86. The van der Waals surface area contributed by atoms with E-state index in [1.807, 2.05) is 24.3 Å². The van der Waals surface area contributed by atoms with Gasteiger partial charge in [-0.2, -0.15) is 0 Å². The summed E-state index contributed by atoms with van der Waals surface area (Å²) in [5.41, 5.74) is 2.15. The van der Waals surface area contributed by atoms with E-state index in [4.69, 9.17) is 0 Å². The van der Waals surface area contributed by atoms with Crippen molar-refractivity contribution in [3.63, 3.8) is 0 Å². The van der Waals surface area contributed by atoms with Crippen LogP contribution in [0.25, 0.3) is 16.7 Å². The van der Waals surface area contributed by atoms with Crippen LogP contribution in [0.4, 0.5) is 0 Å². The van der Waals surface area contributed by atoms with Crippen LogP contribution in [0.15, 0.2) is 42.5 Å². The molecule has 0 saturated heterocycles. The van der Waals surface area contributed by atoms with Gasteiger partial charge in [0.1, 0.15) is 22.5 Å². The van der Waals surface area contributed by atoms with Gasteiger partial charge in [0.15, 0.2) is 0 Å². The number of aromatic nitrogens is 3. The second-order valence-corrected chi connectivity index (χ2v) is 3.39. The van der Waals surface area contributed by atoms with Crippen molar-refractivity contribution in [2.24, 2.45) is 0 Å². The van der Waals surface area contributed by atoms with Crippen LogP contribution in [0, 0.1) is 6.07 Å². The highest BCUT2D eigenvalue weighted by atomic mass is 16.3. The van der Waals surface area contributed by atoms with Crippen LogP contribution in [0.3, 0.4) is 0 Å². The highest BCUT2D eigenvalue weighted by Gasteiger charge is 2.06. The molecular weight excluding hydrogens is 202 g/mol. The molecule has 4 heteroatoms. The molecule has 0 fully saturated rings. The smallest absolute Gasteiger partial charge is 0.143 e. The molecule has 16 heavy (non-hydrogen) atoms. The normalized spacial score (nSPS) is 10.8. The second-order valence-electron chi connectivity index (χ2n) is 3.39. The van der Waals surface area contributed by atoms with Crippen LogP contribution in [-0.4, -0.2) is 20.1 Å². The Morgan fingerprint density at radius 3 is 2.38 bits per heavy atom. The summed E-state index contributed by atoms with van der Waals surface area (Å²) in [6.45, 7) is 0. The number of phenols is 1. The van der Waals surface area contributed by atoms with Crippen molar-refractivity contribution in [2.45, 2.75) is 0 Å². The third-order valence-corrected chi connectivity index (χ3v) is 2.32. The molecule has 0 atom stereocenters. The van der Waals surface area contributed by atoms with E-state index < -0.39 is 0 Å². The molecule has 1 N–H and O–H groups in total. The fourth-order valence-corrected chi connectivity index (χ4v) is 1.55. The summed E-state index contributed by atoms with van der Waals surface area (Å²) >= 11 is 0. The lowest BCUT2D eigenvalue weighted by atomic mass is 10.3. The Kier molecular flexibility index (Phi) is 1.86. The Hall–Kier alpha value is -2.36. The molecule has 1 radical (unpaired) electrons. The minimum Gasteiger partial charge on any atom is -0.506 e. The van der Waals surface area contributed by atoms with E-state index in [0.717, 1.165) is 11.0 Å². The molecule has 1 aromatic heterocycles. The van der Waals surface area contributed by atoms with Crippen LogP contribution in [0.2, 0.25) is 0 Å². The molecule has 77 valence electrons. The van der Waals surface area contributed by atoms with Gasteiger partial charge < -0.3 is 5.11 Å². The Labute approximate surface area is 91.8 Å². The van der Waals surface area contributed by atoms with Crippen molar-refractivity contribution in [1.82, 2.24) is 15.0 Å². The van der Waals surface area contributed by atoms with Gasteiger partial charge in [-0.25, -0.2) is 0 Å². The first kappa shape index (κ1) is 8.91. The van der Waals surface area contributed by atoms with Gasteiger partial charge >= 0.3 is 0 Å². The van der Waals surface area contributed by atoms with E-state index in [1.165, 1.54) is 10.9 Å². The molecule has 0 unspecified atom stereocenters. The maximum absolute atomic E-state index is 9.66. The second kappa shape index (κ2) is 3.34. The summed E-state index contributed by atoms with van der Waals surface area (Å²) in [5, 5.41) is 18.2. The van der Waals surface area contributed by atoms with Gasteiger partial charge in [-0.3, -0.25) is 0 Å². The SMILES string of the molecule is Oc1c[c]ccc1-n1nc2ccccc2n1. The maximum Gasteiger partial charge on any atom is 0.143 e. The molecule has 0 bridgehead atoms. The van der Waals surface area contributed by atoms with Crippen molar-refractivity contribution < 1.29 is 5.11 Å². The zero-order valence-corrected chi connectivity index (χ0v) is 8.33. The predicted octanol–water partition coefficient (Wildman–Crippen LogP) is 1.93. The Balaban J connectivity index is 2.23. The van der Waals surface area contributed by atoms with Gasteiger partial charge in [-0.1, -0.05) is 18.2 Å². The zero-order valence-electron chi connectivity index (χ0n) is 8.33. The molecule has 1 heterocycles. The topological polar surface area (TPSA) is 50.9 Å². The molecular formula is C12H8N3O. The van der Waals surface area contributed by atoms with Gasteiger partial charge in [0.05, 0.1) is 0 Å². The lowest BCUT2D eigenvalue weighted by molar-refractivity contribution is 0.467. The Morgan fingerprint density at radius 2 is 1.75 bits per heavy atom. The number of phenolic OH excluding ortho intramolecular Hbond substituents is 1. The molecule has 0 aliphatic carbocycles. The predicted molar refractivity (Wildman–Crippen MR) is 59.4 cm³/mol. The number of fused-ring (bicyclic) bond motifs is 1. The van der Waals surface area contributed by atoms with E-state index in [-0.39, 0.29) is 5.75 Å². The lowest BCUT2D eigenvalue weighted by Gasteiger charge is -2.00. The molecule has 0 aliphatic rings. The average molecular weight is 210 g/mol. The summed E-state index contributed by atoms with van der Waals surface area (Å²) in [7, 11) is 0. The van der Waals surface area contributed by atoms with Crippen molar-refractivity contribution in [3.05, 3.63) is 48.5 Å². The highest BCUT2D eigenvalue weighted by molar-refractivity contribution is 5.73. The molecule has 0 aliphatic heterocycles. The standard InChI is InChI=1S/C12H8N3O/c16-12-8-4-3-7-11(12)15-13-9-5-1-2-6-10(9)14-15/h1-3,5-8,16H. The number of nitrogens with zero attached hydrogens (tertiary/aromatic N) is 3. The molecule has 0 saturated carbocycles. The zero-order chi connectivity index (χ0) is 11.0. The molecule has 0 spiro atoms. The number of hydrogen-bond acceptors (Lipinski definition) is 3. The summed E-state index contributed by atoms with van der Waals surface area (Å²) in [5.74, 6) is 0.114. The van der Waals surface area contributed by atoms with Crippen LogP contribution in [0.1, 0.15) is 0 Å². The van der Waals surface area contributed by atoms with Gasteiger partial charge in [-0.15, -0.1) is 15.0 Å². The molecule has 0 amide bonds. The minimum atomic E-state index is 0.114. The van der Waals surface area contributed by atoms with Crippen molar-refractivity contribution in [3.8, 4) is 11.4 Å². The number of benzene rings is 2. The van der Waals surface area contributed by atoms with Crippen LogP contribution in [0.5, 0.6) is 5.75 Å². The maximum atomic E-state index is 9.66. The van der Waals surface area contributed by atoms with E-state index in [0.29, 0.717) is 5.69 Å². The summed E-state index contributed by atoms with van der Waals surface area (Å²) in [6, 6.07) is 15.3. The largest absolute Gasteiger partial charge is 0.506 e. The summed E-state index contributed by atoms with van der Waals surface area (Å²) in [6.07, 6.45) is 0. The number of hydrogen-bond donors (Lipinski definition) is 1. The van der Waals surface area contributed by atoms with Gasteiger partial charge in [-0.05, 0) is 30.3 Å². The minimum absolute atomic E-state index is 0.114. The van der Waals surface area contributed by atoms with E-state index >= 15 is 0 Å². The molecule has 4 nitrogen and oxygen atoms in total. The molecule has 3 rings (SSSR count). The van der Waals surface area contributed by atoms with Gasteiger partial charge in [0, 0.05) is 0 Å². The van der Waals surface area contributed by atoms with Crippen molar-refractivity contribution in [2.75, 3.05) is 0 Å². The Bertz CT molecular complexity index is 612. The Morgan fingerprint density at radius 1 is 1.06 bits per heavy atom. The average Bonchev–Trinajstić information content (AvgIpc) is 2.73. The monoisotopic (exact) mass is 210 g/mol. The van der Waals surface area contributed by atoms with Gasteiger partial charge in [0.25, 0.3) is 0 Å². The van der Waals surface area contributed by atoms with E-state index in [9.17, 15) is 5.11 Å². The first-order chi connectivity index (χ1) is 7.84. The van der Waals surface area contributed by atoms with E-state index in [2.05, 4.69) is 16.3 Å². The van der Waals surface area contributed by atoms with Crippen molar-refractivity contribution in [1.29, 1.82) is 0 Å². The first-order valence-electron chi connectivity index (χ1n) is 4.86. The van der Waals surface area contributed by atoms with Crippen molar-refractivity contribution >= 4 is 11.0 Å². The third kappa shape index (κ3) is 1.32. The van der Waals surface area contributed by atoms with Crippen LogP contribution in [-0.2, 0) is 0 Å². The lowest BCUT2D eigenvalue weighted by Crippen LogP contribution is -1.98. The van der Waals surface area contributed by atoms with E-state index in [1.54, 1.807) is 12.1 Å². The van der Waals surface area contributed by atoms with Gasteiger partial charge in [0.2, 0.25) is 0 Å². The summed E-state index contributed by atoms with van der Waals surface area (Å²) in [4.78, 5) is 1.42. The fourth-order valence-electron chi connectivity index (χ4n) is 1.55. The third-order valence-electron chi connectivity index (χ3n) is 2.32. The summed E-state index contributed by atoms with van der Waals surface area (Å²) < 4.78 is 0. The highest BCUT2D eigenvalue weighted by Crippen LogP contribution is 2.20.